The van der Waals surface area contributed by atoms with Crippen LogP contribution in [-0.2, 0) is 22.0 Å². The predicted molar refractivity (Wildman–Crippen MR) is 92.1 cm³/mol. The molecule has 0 bridgehead atoms. The van der Waals surface area contributed by atoms with Crippen molar-refractivity contribution in [1.29, 1.82) is 0 Å². The van der Waals surface area contributed by atoms with E-state index in [0.717, 1.165) is 5.56 Å². The number of carbonyl (C=O) groups is 1. The number of esters is 1. The number of rotatable bonds is 5. The highest BCUT2D eigenvalue weighted by Gasteiger charge is 2.47. The zero-order chi connectivity index (χ0) is 18.7. The zero-order valence-corrected chi connectivity index (χ0v) is 14.0. The van der Waals surface area contributed by atoms with Crippen LogP contribution in [0.2, 0.25) is 0 Å². The number of hydrogen-bond acceptors (Lipinski definition) is 4. The maximum absolute atomic E-state index is 14.5. The summed E-state index contributed by atoms with van der Waals surface area (Å²) in [7, 11) is 0. The highest BCUT2D eigenvalue weighted by molar-refractivity contribution is 5.80. The summed E-state index contributed by atoms with van der Waals surface area (Å²) in [6.45, 7) is 1.27. The van der Waals surface area contributed by atoms with E-state index >= 15 is 0 Å². The normalized spacial score (nSPS) is 11.5. The van der Waals surface area contributed by atoms with Crippen LogP contribution in [0.1, 0.15) is 18.2 Å². The molecule has 0 saturated carbocycles. The molecule has 0 fully saturated rings. The lowest BCUT2D eigenvalue weighted by molar-refractivity contribution is -0.173. The Bertz CT molecular complexity index is 1000. The van der Waals surface area contributed by atoms with Crippen LogP contribution < -0.4 is 5.56 Å². The van der Waals surface area contributed by atoms with Crippen molar-refractivity contribution in [2.75, 3.05) is 6.61 Å². The van der Waals surface area contributed by atoms with E-state index in [2.05, 4.69) is 9.72 Å². The molecule has 3 rings (SSSR count). The molecule has 26 heavy (non-hydrogen) atoms. The largest absolute Gasteiger partial charge is 0.461 e. The van der Waals surface area contributed by atoms with E-state index in [0.29, 0.717) is 5.52 Å². The predicted octanol–water partition coefficient (Wildman–Crippen LogP) is 3.10. The minimum atomic E-state index is -4.13. The molecular weight excluding hydrogens is 342 g/mol. The second kappa shape index (κ2) is 7.03. The Kier molecular flexibility index (Phi) is 4.79. The van der Waals surface area contributed by atoms with Crippen LogP contribution in [0.5, 0.6) is 0 Å². The smallest absolute Gasteiger partial charge is 0.389 e. The van der Waals surface area contributed by atoms with Crippen LogP contribution >= 0.6 is 0 Å². The number of fused-ring (bicyclic) bond motifs is 1. The van der Waals surface area contributed by atoms with E-state index in [9.17, 15) is 18.4 Å². The summed E-state index contributed by atoms with van der Waals surface area (Å²) in [6, 6.07) is 15.4. The van der Waals surface area contributed by atoms with Crippen molar-refractivity contribution in [3.8, 4) is 0 Å². The number of ether oxygens (including phenoxy) is 1. The molecule has 7 heteroatoms. The Labute approximate surface area is 147 Å². The molecule has 0 atom stereocenters. The molecule has 2 aromatic carbocycles. The fourth-order valence-corrected chi connectivity index (χ4v) is 2.64. The average molecular weight is 358 g/mol. The second-order valence-electron chi connectivity index (χ2n) is 5.62. The Morgan fingerprint density at radius 2 is 1.77 bits per heavy atom. The molecule has 0 saturated heterocycles. The first kappa shape index (κ1) is 17.7. The van der Waals surface area contributed by atoms with Gasteiger partial charge in [0.1, 0.15) is 0 Å². The zero-order valence-electron chi connectivity index (χ0n) is 14.0. The second-order valence-corrected chi connectivity index (χ2v) is 5.62. The molecule has 1 heterocycles. The van der Waals surface area contributed by atoms with Crippen molar-refractivity contribution in [2.45, 2.75) is 19.4 Å². The summed E-state index contributed by atoms with van der Waals surface area (Å²) in [4.78, 5) is 28.2. The van der Waals surface area contributed by atoms with Gasteiger partial charge in [0, 0.05) is 0 Å². The molecule has 3 aromatic rings. The number of halogens is 2. The van der Waals surface area contributed by atoms with Gasteiger partial charge in [0.15, 0.2) is 5.69 Å². The number of carbonyl (C=O) groups excluding carboxylic acids is 1. The van der Waals surface area contributed by atoms with Gasteiger partial charge in [-0.15, -0.1) is 0 Å². The summed E-state index contributed by atoms with van der Waals surface area (Å²) >= 11 is 0. The van der Waals surface area contributed by atoms with E-state index in [4.69, 9.17) is 0 Å². The van der Waals surface area contributed by atoms with Gasteiger partial charge in [0.05, 0.1) is 24.2 Å². The molecule has 0 aliphatic rings. The molecule has 0 spiro atoms. The van der Waals surface area contributed by atoms with Gasteiger partial charge in [-0.1, -0.05) is 42.5 Å². The standard InChI is InChI=1S/C19H16F2N2O3/c1-2-26-18(25)19(20,21)16-17(24)23(12-13-8-4-3-5-9-13)15-11-7-6-10-14(15)22-16/h3-11H,2,12H2,1H3. The lowest BCUT2D eigenvalue weighted by atomic mass is 10.2. The van der Waals surface area contributed by atoms with Crippen LogP contribution in [0, 0.1) is 0 Å². The molecule has 0 radical (unpaired) electrons. The first-order valence-corrected chi connectivity index (χ1v) is 8.04. The Morgan fingerprint density at radius 1 is 1.12 bits per heavy atom. The highest BCUT2D eigenvalue weighted by Crippen LogP contribution is 2.27. The number of alkyl halides is 2. The van der Waals surface area contributed by atoms with E-state index < -0.39 is 23.1 Å². The van der Waals surface area contributed by atoms with E-state index in [-0.39, 0.29) is 18.7 Å². The first-order valence-electron chi connectivity index (χ1n) is 8.04. The van der Waals surface area contributed by atoms with Crippen LogP contribution in [-0.4, -0.2) is 22.1 Å². The lowest BCUT2D eigenvalue weighted by Crippen LogP contribution is -2.38. The van der Waals surface area contributed by atoms with Gasteiger partial charge < -0.3 is 9.30 Å². The summed E-state index contributed by atoms with van der Waals surface area (Å²) in [5.41, 5.74) is -0.792. The summed E-state index contributed by atoms with van der Waals surface area (Å²) in [5, 5.41) is 0. The summed E-state index contributed by atoms with van der Waals surface area (Å²) in [6.07, 6.45) is 0. The molecule has 0 N–H and O–H groups in total. The van der Waals surface area contributed by atoms with E-state index in [1.807, 2.05) is 6.07 Å². The fraction of sp³-hybridized carbons (Fsp3) is 0.211. The van der Waals surface area contributed by atoms with Crippen molar-refractivity contribution >= 4 is 17.0 Å². The molecule has 5 nitrogen and oxygen atoms in total. The Hall–Kier alpha value is -3.09. The number of nitrogens with zero attached hydrogens (tertiary/aromatic N) is 2. The van der Waals surface area contributed by atoms with Crippen molar-refractivity contribution in [3.63, 3.8) is 0 Å². The first-order chi connectivity index (χ1) is 12.4. The third kappa shape index (κ3) is 3.20. The van der Waals surface area contributed by atoms with Crippen molar-refractivity contribution in [1.82, 2.24) is 9.55 Å². The van der Waals surface area contributed by atoms with E-state index in [1.165, 1.54) is 17.6 Å². The lowest BCUT2D eigenvalue weighted by Gasteiger charge is -2.17. The van der Waals surface area contributed by atoms with E-state index in [1.54, 1.807) is 42.5 Å². The molecule has 0 aliphatic carbocycles. The van der Waals surface area contributed by atoms with Gasteiger partial charge >= 0.3 is 11.9 Å². The maximum Gasteiger partial charge on any atom is 0.389 e. The van der Waals surface area contributed by atoms with Crippen molar-refractivity contribution in [3.05, 3.63) is 76.2 Å². The van der Waals surface area contributed by atoms with Gasteiger partial charge in [-0.25, -0.2) is 9.78 Å². The Balaban J connectivity index is 2.22. The van der Waals surface area contributed by atoms with Gasteiger partial charge in [-0.05, 0) is 24.6 Å². The summed E-state index contributed by atoms with van der Waals surface area (Å²) in [5.74, 6) is -5.92. The third-order valence-electron chi connectivity index (χ3n) is 3.87. The van der Waals surface area contributed by atoms with Gasteiger partial charge in [0.2, 0.25) is 0 Å². The van der Waals surface area contributed by atoms with Crippen LogP contribution in [0.25, 0.3) is 11.0 Å². The van der Waals surface area contributed by atoms with Crippen LogP contribution in [0.15, 0.2) is 59.4 Å². The molecule has 1 aromatic heterocycles. The monoisotopic (exact) mass is 358 g/mol. The topological polar surface area (TPSA) is 61.2 Å². The maximum atomic E-state index is 14.5. The summed E-state index contributed by atoms with van der Waals surface area (Å²) < 4.78 is 34.6. The SMILES string of the molecule is CCOC(=O)C(F)(F)c1nc2ccccc2n(Cc2ccccc2)c1=O. The molecule has 134 valence electrons. The fourth-order valence-electron chi connectivity index (χ4n) is 2.64. The van der Waals surface area contributed by atoms with Gasteiger partial charge in [-0.3, -0.25) is 4.79 Å². The number of para-hydroxylation sites is 2. The highest BCUT2D eigenvalue weighted by atomic mass is 19.3. The molecular formula is C19H16F2N2O3. The van der Waals surface area contributed by atoms with Crippen LogP contribution in [0.3, 0.4) is 0 Å². The quantitative estimate of drug-likeness (QED) is 0.658. The van der Waals surface area contributed by atoms with Crippen molar-refractivity contribution in [2.24, 2.45) is 0 Å². The van der Waals surface area contributed by atoms with Crippen molar-refractivity contribution < 1.29 is 18.3 Å². The van der Waals surface area contributed by atoms with Crippen LogP contribution in [0.4, 0.5) is 8.78 Å². The molecule has 0 unspecified atom stereocenters. The number of hydrogen-bond donors (Lipinski definition) is 0. The minimum Gasteiger partial charge on any atom is -0.461 e. The minimum absolute atomic E-state index is 0.0780. The molecule has 0 amide bonds. The average Bonchev–Trinajstić information content (AvgIpc) is 2.64. The van der Waals surface area contributed by atoms with Gasteiger partial charge in [0.25, 0.3) is 5.56 Å². The van der Waals surface area contributed by atoms with Gasteiger partial charge in [-0.2, -0.15) is 8.78 Å². The molecule has 0 aliphatic heterocycles. The number of benzene rings is 2. The number of aromatic nitrogens is 2. The Morgan fingerprint density at radius 3 is 2.46 bits per heavy atom. The third-order valence-corrected chi connectivity index (χ3v) is 3.87.